The SMILES string of the molecule is CCc1ccccc1CNC(=O)NCC(C)(O)CC(=O)O. The Kier molecular flexibility index (Phi) is 6.17. The summed E-state index contributed by atoms with van der Waals surface area (Å²) in [7, 11) is 0. The number of carboxylic acid groups (broad SMARTS) is 1. The molecule has 6 heteroatoms. The fourth-order valence-corrected chi connectivity index (χ4v) is 1.97. The molecule has 0 fully saturated rings. The van der Waals surface area contributed by atoms with E-state index in [1.165, 1.54) is 6.92 Å². The van der Waals surface area contributed by atoms with Gasteiger partial charge in [-0.25, -0.2) is 4.79 Å². The lowest BCUT2D eigenvalue weighted by molar-refractivity contribution is -0.141. The molecule has 0 aliphatic rings. The molecule has 0 aliphatic heterocycles. The Morgan fingerprint density at radius 1 is 1.19 bits per heavy atom. The van der Waals surface area contributed by atoms with E-state index >= 15 is 0 Å². The van der Waals surface area contributed by atoms with Gasteiger partial charge in [0.2, 0.25) is 0 Å². The van der Waals surface area contributed by atoms with Gasteiger partial charge in [-0.05, 0) is 24.5 Å². The van der Waals surface area contributed by atoms with Crippen molar-refractivity contribution in [1.29, 1.82) is 0 Å². The molecule has 0 heterocycles. The predicted octanol–water partition coefficient (Wildman–Crippen LogP) is 1.27. The number of urea groups is 1. The number of hydrogen-bond acceptors (Lipinski definition) is 3. The quantitative estimate of drug-likeness (QED) is 0.608. The maximum absolute atomic E-state index is 11.7. The highest BCUT2D eigenvalue weighted by Gasteiger charge is 2.24. The van der Waals surface area contributed by atoms with Crippen molar-refractivity contribution in [2.45, 2.75) is 38.8 Å². The Morgan fingerprint density at radius 2 is 1.81 bits per heavy atom. The van der Waals surface area contributed by atoms with E-state index in [4.69, 9.17) is 5.11 Å². The molecular formula is C15H22N2O4. The molecule has 1 aromatic carbocycles. The third-order valence-corrected chi connectivity index (χ3v) is 3.10. The molecule has 0 spiro atoms. The summed E-state index contributed by atoms with van der Waals surface area (Å²) in [5.74, 6) is -1.11. The van der Waals surface area contributed by atoms with Gasteiger partial charge >= 0.3 is 12.0 Å². The first-order valence-electron chi connectivity index (χ1n) is 6.86. The van der Waals surface area contributed by atoms with Crippen LogP contribution >= 0.6 is 0 Å². The van der Waals surface area contributed by atoms with Crippen molar-refractivity contribution in [3.8, 4) is 0 Å². The number of carboxylic acids is 1. The standard InChI is InChI=1S/C15H22N2O4/c1-3-11-6-4-5-7-12(11)9-16-14(20)17-10-15(2,21)8-13(18)19/h4-7,21H,3,8-10H2,1-2H3,(H,18,19)(H2,16,17,20). The molecular weight excluding hydrogens is 272 g/mol. The van der Waals surface area contributed by atoms with Gasteiger partial charge in [0.1, 0.15) is 0 Å². The zero-order valence-corrected chi connectivity index (χ0v) is 12.3. The number of hydrogen-bond donors (Lipinski definition) is 4. The average Bonchev–Trinajstić information content (AvgIpc) is 2.42. The van der Waals surface area contributed by atoms with Crippen LogP contribution in [0, 0.1) is 0 Å². The highest BCUT2D eigenvalue weighted by atomic mass is 16.4. The Bertz CT molecular complexity index is 500. The predicted molar refractivity (Wildman–Crippen MR) is 78.9 cm³/mol. The van der Waals surface area contributed by atoms with Gasteiger partial charge in [0, 0.05) is 13.1 Å². The highest BCUT2D eigenvalue weighted by Crippen LogP contribution is 2.09. The van der Waals surface area contributed by atoms with Gasteiger partial charge in [0.05, 0.1) is 12.0 Å². The number of carbonyl (C=O) groups is 2. The minimum Gasteiger partial charge on any atom is -0.481 e. The summed E-state index contributed by atoms with van der Waals surface area (Å²) in [5.41, 5.74) is 0.730. The van der Waals surface area contributed by atoms with Gasteiger partial charge in [-0.15, -0.1) is 0 Å². The number of carbonyl (C=O) groups excluding carboxylic acids is 1. The van der Waals surface area contributed by atoms with Crippen molar-refractivity contribution in [3.63, 3.8) is 0 Å². The molecule has 1 aromatic rings. The summed E-state index contributed by atoms with van der Waals surface area (Å²) in [4.78, 5) is 22.2. The molecule has 4 N–H and O–H groups in total. The minimum atomic E-state index is -1.47. The third kappa shape index (κ3) is 6.27. The molecule has 1 unspecified atom stereocenters. The van der Waals surface area contributed by atoms with Crippen molar-refractivity contribution in [3.05, 3.63) is 35.4 Å². The van der Waals surface area contributed by atoms with Gasteiger partial charge in [-0.3, -0.25) is 4.79 Å². The molecule has 2 amide bonds. The Hall–Kier alpha value is -2.08. The van der Waals surface area contributed by atoms with Crippen LogP contribution in [0.15, 0.2) is 24.3 Å². The van der Waals surface area contributed by atoms with Gasteiger partial charge in [0.25, 0.3) is 0 Å². The topological polar surface area (TPSA) is 98.7 Å². The minimum absolute atomic E-state index is 0.124. The van der Waals surface area contributed by atoms with Crippen LogP contribution in [-0.4, -0.2) is 34.4 Å². The molecule has 0 radical (unpaired) electrons. The monoisotopic (exact) mass is 294 g/mol. The molecule has 0 saturated carbocycles. The molecule has 21 heavy (non-hydrogen) atoms. The Labute approximate surface area is 124 Å². The second-order valence-electron chi connectivity index (χ2n) is 5.23. The molecule has 1 atom stereocenters. The molecule has 0 aliphatic carbocycles. The van der Waals surface area contributed by atoms with E-state index in [2.05, 4.69) is 10.6 Å². The normalized spacial score (nSPS) is 13.3. The van der Waals surface area contributed by atoms with Gasteiger partial charge in [-0.2, -0.15) is 0 Å². The highest BCUT2D eigenvalue weighted by molar-refractivity contribution is 5.74. The van der Waals surface area contributed by atoms with Crippen LogP contribution in [-0.2, 0) is 17.8 Å². The van der Waals surface area contributed by atoms with Gasteiger partial charge in [0.15, 0.2) is 0 Å². The molecule has 1 rings (SSSR count). The van der Waals surface area contributed by atoms with Crippen LogP contribution in [0.1, 0.15) is 31.4 Å². The summed E-state index contributed by atoms with van der Waals surface area (Å²) >= 11 is 0. The lowest BCUT2D eigenvalue weighted by Crippen LogP contribution is -2.45. The number of aliphatic carboxylic acids is 1. The van der Waals surface area contributed by atoms with Crippen LogP contribution in [0.25, 0.3) is 0 Å². The van der Waals surface area contributed by atoms with Crippen LogP contribution in [0.5, 0.6) is 0 Å². The van der Waals surface area contributed by atoms with Crippen LogP contribution in [0.4, 0.5) is 4.79 Å². The molecule has 0 bridgehead atoms. The molecule has 116 valence electrons. The number of amides is 2. The Morgan fingerprint density at radius 3 is 2.38 bits per heavy atom. The van der Waals surface area contributed by atoms with E-state index in [9.17, 15) is 14.7 Å². The zero-order valence-electron chi connectivity index (χ0n) is 12.3. The van der Waals surface area contributed by atoms with Gasteiger partial charge < -0.3 is 20.8 Å². The smallest absolute Gasteiger partial charge is 0.315 e. The summed E-state index contributed by atoms with van der Waals surface area (Å²) in [6, 6.07) is 7.37. The number of rotatable bonds is 7. The van der Waals surface area contributed by atoms with Crippen LogP contribution < -0.4 is 10.6 Å². The molecule has 6 nitrogen and oxygen atoms in total. The lowest BCUT2D eigenvalue weighted by Gasteiger charge is -2.21. The Balaban J connectivity index is 2.42. The first-order valence-corrected chi connectivity index (χ1v) is 6.86. The number of nitrogens with one attached hydrogen (secondary N) is 2. The molecule has 0 aromatic heterocycles. The van der Waals surface area contributed by atoms with E-state index in [1.54, 1.807) is 0 Å². The largest absolute Gasteiger partial charge is 0.481 e. The summed E-state index contributed by atoms with van der Waals surface area (Å²) in [5, 5.41) is 23.6. The fourth-order valence-electron chi connectivity index (χ4n) is 1.97. The average molecular weight is 294 g/mol. The number of aliphatic hydroxyl groups is 1. The van der Waals surface area contributed by atoms with Gasteiger partial charge in [-0.1, -0.05) is 31.2 Å². The van der Waals surface area contributed by atoms with Crippen molar-refractivity contribution < 1.29 is 19.8 Å². The van der Waals surface area contributed by atoms with Crippen LogP contribution in [0.3, 0.4) is 0 Å². The van der Waals surface area contributed by atoms with Crippen molar-refractivity contribution in [1.82, 2.24) is 10.6 Å². The first-order chi connectivity index (χ1) is 9.84. The maximum Gasteiger partial charge on any atom is 0.315 e. The summed E-state index contributed by atoms with van der Waals surface area (Å²) in [6.07, 6.45) is 0.457. The van der Waals surface area contributed by atoms with E-state index in [-0.39, 0.29) is 6.54 Å². The van der Waals surface area contributed by atoms with E-state index in [0.29, 0.717) is 6.54 Å². The fraction of sp³-hybridized carbons (Fsp3) is 0.467. The maximum atomic E-state index is 11.7. The number of aryl methyl sites for hydroxylation is 1. The summed E-state index contributed by atoms with van der Waals surface area (Å²) < 4.78 is 0. The van der Waals surface area contributed by atoms with Crippen molar-refractivity contribution >= 4 is 12.0 Å². The second kappa shape index (κ2) is 7.64. The van der Waals surface area contributed by atoms with Crippen molar-refractivity contribution in [2.75, 3.05) is 6.54 Å². The van der Waals surface area contributed by atoms with E-state index < -0.39 is 24.0 Å². The lowest BCUT2D eigenvalue weighted by atomic mass is 10.0. The van der Waals surface area contributed by atoms with E-state index in [1.807, 2.05) is 31.2 Å². The zero-order chi connectivity index (χ0) is 15.9. The number of benzene rings is 1. The second-order valence-corrected chi connectivity index (χ2v) is 5.23. The summed E-state index contributed by atoms with van der Waals surface area (Å²) in [6.45, 7) is 3.67. The van der Waals surface area contributed by atoms with Crippen molar-refractivity contribution in [2.24, 2.45) is 0 Å². The van der Waals surface area contributed by atoms with Crippen LogP contribution in [0.2, 0.25) is 0 Å². The molecule has 0 saturated heterocycles. The third-order valence-electron chi connectivity index (χ3n) is 3.10. The van der Waals surface area contributed by atoms with E-state index in [0.717, 1.165) is 17.5 Å². The first kappa shape index (κ1) is 17.0.